The highest BCUT2D eigenvalue weighted by atomic mass is 16.4. The van der Waals surface area contributed by atoms with E-state index in [0.717, 1.165) is 23.6 Å². The molecule has 7 nitrogen and oxygen atoms in total. The summed E-state index contributed by atoms with van der Waals surface area (Å²) in [5, 5.41) is 9.20. The largest absolute Gasteiger partial charge is 0.444 e. The van der Waals surface area contributed by atoms with Gasteiger partial charge in [-0.1, -0.05) is 12.1 Å². The van der Waals surface area contributed by atoms with Gasteiger partial charge in [0.2, 0.25) is 5.89 Å². The maximum absolute atomic E-state index is 11.9. The summed E-state index contributed by atoms with van der Waals surface area (Å²) < 4.78 is 5.57. The molecule has 0 bridgehead atoms. The predicted molar refractivity (Wildman–Crippen MR) is 102 cm³/mol. The van der Waals surface area contributed by atoms with Crippen LogP contribution in [0.3, 0.4) is 0 Å². The molecule has 0 aliphatic carbocycles. The summed E-state index contributed by atoms with van der Waals surface area (Å²) in [5.74, 6) is 2.05. The van der Waals surface area contributed by atoms with Crippen molar-refractivity contribution in [3.05, 3.63) is 52.7 Å². The van der Waals surface area contributed by atoms with Gasteiger partial charge in [-0.15, -0.1) is 0 Å². The van der Waals surface area contributed by atoms with E-state index in [1.807, 2.05) is 45.9 Å². The molecule has 0 unspecified atom stereocenters. The fraction of sp³-hybridized carbons (Fsp3) is 0.421. The number of amides is 1. The highest BCUT2D eigenvalue weighted by molar-refractivity contribution is 5.94. The van der Waals surface area contributed by atoms with Gasteiger partial charge < -0.3 is 20.4 Å². The van der Waals surface area contributed by atoms with Crippen molar-refractivity contribution in [2.45, 2.75) is 40.8 Å². The maximum Gasteiger partial charge on any atom is 0.251 e. The van der Waals surface area contributed by atoms with E-state index in [4.69, 9.17) is 4.42 Å². The first-order valence-corrected chi connectivity index (χ1v) is 8.85. The number of aryl methyl sites for hydroxylation is 2. The summed E-state index contributed by atoms with van der Waals surface area (Å²) in [7, 11) is 0. The van der Waals surface area contributed by atoms with Gasteiger partial charge in [0.15, 0.2) is 5.96 Å². The van der Waals surface area contributed by atoms with Gasteiger partial charge in [0.1, 0.15) is 5.76 Å². The Kier molecular flexibility index (Phi) is 7.20. The van der Waals surface area contributed by atoms with E-state index < -0.39 is 0 Å². The fourth-order valence-corrected chi connectivity index (χ4v) is 2.36. The molecule has 0 saturated carbocycles. The van der Waals surface area contributed by atoms with Gasteiger partial charge in [-0.2, -0.15) is 0 Å². The number of carbonyl (C=O) groups is 1. The van der Waals surface area contributed by atoms with Crippen molar-refractivity contribution in [3.8, 4) is 0 Å². The van der Waals surface area contributed by atoms with E-state index in [1.54, 1.807) is 6.07 Å². The Hall–Kier alpha value is -2.83. The van der Waals surface area contributed by atoms with Crippen LogP contribution in [0, 0.1) is 13.8 Å². The van der Waals surface area contributed by atoms with Gasteiger partial charge in [0.05, 0.1) is 18.8 Å². The van der Waals surface area contributed by atoms with Crippen LogP contribution in [0.25, 0.3) is 0 Å². The molecule has 26 heavy (non-hydrogen) atoms. The highest BCUT2D eigenvalue weighted by Crippen LogP contribution is 2.08. The number of guanidine groups is 1. The average Bonchev–Trinajstić information content (AvgIpc) is 2.96. The van der Waals surface area contributed by atoms with E-state index in [-0.39, 0.29) is 5.91 Å². The lowest BCUT2D eigenvalue weighted by atomic mass is 10.1. The van der Waals surface area contributed by atoms with Crippen LogP contribution in [0.4, 0.5) is 0 Å². The zero-order valence-electron chi connectivity index (χ0n) is 15.8. The molecule has 0 radical (unpaired) electrons. The van der Waals surface area contributed by atoms with Gasteiger partial charge >= 0.3 is 0 Å². The minimum Gasteiger partial charge on any atom is -0.444 e. The highest BCUT2D eigenvalue weighted by Gasteiger charge is 2.07. The second-order valence-corrected chi connectivity index (χ2v) is 5.86. The minimum absolute atomic E-state index is 0.0713. The summed E-state index contributed by atoms with van der Waals surface area (Å²) in [5.41, 5.74) is 2.50. The number of nitrogens with zero attached hydrogens (tertiary/aromatic N) is 2. The summed E-state index contributed by atoms with van der Waals surface area (Å²) in [6, 6.07) is 7.48. The van der Waals surface area contributed by atoms with Crippen LogP contribution in [-0.2, 0) is 13.1 Å². The van der Waals surface area contributed by atoms with Crippen LogP contribution in [0.2, 0.25) is 0 Å². The Balaban J connectivity index is 2.01. The van der Waals surface area contributed by atoms with Crippen LogP contribution < -0.4 is 16.0 Å². The van der Waals surface area contributed by atoms with Crippen molar-refractivity contribution in [2.75, 3.05) is 13.1 Å². The van der Waals surface area contributed by atoms with E-state index in [2.05, 4.69) is 25.9 Å². The number of rotatable bonds is 7. The van der Waals surface area contributed by atoms with Gasteiger partial charge in [-0.05, 0) is 45.4 Å². The van der Waals surface area contributed by atoms with Gasteiger partial charge in [0.25, 0.3) is 5.91 Å². The quantitative estimate of drug-likeness (QED) is 0.522. The van der Waals surface area contributed by atoms with Crippen LogP contribution in [0.15, 0.2) is 33.7 Å². The van der Waals surface area contributed by atoms with Crippen molar-refractivity contribution in [1.29, 1.82) is 0 Å². The molecule has 0 spiro atoms. The molecule has 0 aliphatic rings. The number of carbonyl (C=O) groups excluding carboxylic acids is 1. The molecular formula is C19H27N5O2. The Morgan fingerprint density at radius 2 is 1.92 bits per heavy atom. The van der Waals surface area contributed by atoms with Crippen LogP contribution in [0.5, 0.6) is 0 Å². The standard InChI is InChI=1S/C19H27N5O2/c1-5-20-18(25)16-9-7-8-15(10-16)11-22-19(21-6-2)23-12-17-24-13(3)14(4)26-17/h7-10H,5-6,11-12H2,1-4H3,(H,20,25)(H2,21,22,23). The van der Waals surface area contributed by atoms with E-state index in [0.29, 0.717) is 37.0 Å². The number of benzene rings is 1. The normalized spacial score (nSPS) is 11.3. The summed E-state index contributed by atoms with van der Waals surface area (Å²) in [6.07, 6.45) is 0. The lowest BCUT2D eigenvalue weighted by Gasteiger charge is -2.10. The topological polar surface area (TPSA) is 91.5 Å². The molecule has 0 saturated heterocycles. The summed E-state index contributed by atoms with van der Waals surface area (Å²) >= 11 is 0. The van der Waals surface area contributed by atoms with Crippen molar-refractivity contribution in [1.82, 2.24) is 20.9 Å². The van der Waals surface area contributed by atoms with Crippen molar-refractivity contribution < 1.29 is 9.21 Å². The average molecular weight is 357 g/mol. The molecular weight excluding hydrogens is 330 g/mol. The summed E-state index contributed by atoms with van der Waals surface area (Å²) in [4.78, 5) is 20.9. The molecule has 0 fully saturated rings. The Bertz CT molecular complexity index is 748. The third-order valence-electron chi connectivity index (χ3n) is 3.77. The minimum atomic E-state index is -0.0713. The van der Waals surface area contributed by atoms with Gasteiger partial charge in [-0.3, -0.25) is 4.79 Å². The van der Waals surface area contributed by atoms with Gasteiger partial charge in [-0.25, -0.2) is 9.98 Å². The molecule has 1 heterocycles. The lowest BCUT2D eigenvalue weighted by molar-refractivity contribution is 0.0955. The zero-order valence-corrected chi connectivity index (χ0v) is 15.8. The SMILES string of the molecule is CCNC(=O)c1cccc(CN=C(NCC)NCc2nc(C)c(C)o2)c1. The first kappa shape index (κ1) is 19.5. The second-order valence-electron chi connectivity index (χ2n) is 5.86. The van der Waals surface area contributed by atoms with E-state index in [1.165, 1.54) is 0 Å². The van der Waals surface area contributed by atoms with Crippen molar-refractivity contribution in [2.24, 2.45) is 4.99 Å². The predicted octanol–water partition coefficient (Wildman–Crippen LogP) is 2.30. The molecule has 1 amide bonds. The first-order valence-electron chi connectivity index (χ1n) is 8.85. The van der Waals surface area contributed by atoms with E-state index >= 15 is 0 Å². The number of aliphatic imine (C=N–C) groups is 1. The molecule has 0 aliphatic heterocycles. The molecule has 1 aromatic heterocycles. The second kappa shape index (κ2) is 9.60. The monoisotopic (exact) mass is 357 g/mol. The third kappa shape index (κ3) is 5.61. The molecule has 140 valence electrons. The smallest absolute Gasteiger partial charge is 0.251 e. The molecule has 7 heteroatoms. The first-order chi connectivity index (χ1) is 12.5. The number of hydrogen-bond acceptors (Lipinski definition) is 4. The molecule has 1 aromatic carbocycles. The van der Waals surface area contributed by atoms with Crippen LogP contribution in [0.1, 0.15) is 47.1 Å². The van der Waals surface area contributed by atoms with Crippen LogP contribution in [-0.4, -0.2) is 29.9 Å². The van der Waals surface area contributed by atoms with Gasteiger partial charge in [0, 0.05) is 18.7 Å². The summed E-state index contributed by atoms with van der Waals surface area (Å²) in [6.45, 7) is 10.00. The number of nitrogens with one attached hydrogen (secondary N) is 3. The maximum atomic E-state index is 11.9. The lowest BCUT2D eigenvalue weighted by Crippen LogP contribution is -2.36. The van der Waals surface area contributed by atoms with E-state index in [9.17, 15) is 4.79 Å². The molecule has 0 atom stereocenters. The fourth-order valence-electron chi connectivity index (χ4n) is 2.36. The Morgan fingerprint density at radius 3 is 2.58 bits per heavy atom. The van der Waals surface area contributed by atoms with Crippen LogP contribution >= 0.6 is 0 Å². The Morgan fingerprint density at radius 1 is 1.15 bits per heavy atom. The molecule has 2 rings (SSSR count). The zero-order chi connectivity index (χ0) is 18.9. The van der Waals surface area contributed by atoms with Crippen molar-refractivity contribution >= 4 is 11.9 Å². The number of oxazole rings is 1. The molecule has 3 N–H and O–H groups in total. The number of hydrogen-bond donors (Lipinski definition) is 3. The third-order valence-corrected chi connectivity index (χ3v) is 3.77. The Labute approximate surface area is 154 Å². The van der Waals surface area contributed by atoms with Crippen molar-refractivity contribution in [3.63, 3.8) is 0 Å². The number of aromatic nitrogens is 1. The molecule has 2 aromatic rings.